The van der Waals surface area contributed by atoms with E-state index in [4.69, 9.17) is 32.7 Å². The molecule has 0 unspecified atom stereocenters. The van der Waals surface area contributed by atoms with Gasteiger partial charge in [-0.15, -0.1) is 0 Å². The van der Waals surface area contributed by atoms with Crippen LogP contribution < -0.4 is 9.47 Å². The number of hydrogen-bond donors (Lipinski definition) is 1. The van der Waals surface area contributed by atoms with Crippen molar-refractivity contribution in [3.05, 3.63) is 46.4 Å². The normalized spacial score (nSPS) is 13.0. The van der Waals surface area contributed by atoms with E-state index in [1.165, 1.54) is 31.2 Å². The monoisotopic (exact) mass is 524 g/mol. The number of benzene rings is 2. The Labute approximate surface area is 199 Å². The average Bonchev–Trinajstić information content (AvgIpc) is 2.73. The molecule has 2 aromatic carbocycles. The highest BCUT2D eigenvalue weighted by Crippen LogP contribution is 2.37. The van der Waals surface area contributed by atoms with Crippen LogP contribution in [0.1, 0.15) is 26.7 Å². The first-order valence-corrected chi connectivity index (χ1v) is 14.0. The van der Waals surface area contributed by atoms with Crippen LogP contribution in [0.4, 0.5) is 0 Å². The van der Waals surface area contributed by atoms with Crippen LogP contribution in [-0.4, -0.2) is 52.8 Å². The molecule has 1 N–H and O–H groups in total. The van der Waals surface area contributed by atoms with E-state index in [0.29, 0.717) is 12.4 Å². The number of rotatable bonds is 12. The molecule has 0 heterocycles. The molecular weight excluding hydrogens is 499 g/mol. The molecule has 1 atom stereocenters. The second-order valence-corrected chi connectivity index (χ2v) is 12.2. The van der Waals surface area contributed by atoms with Crippen LogP contribution in [0.5, 0.6) is 11.5 Å². The number of hydrogen-bond acceptors (Lipinski definition) is 7. The van der Waals surface area contributed by atoms with E-state index in [-0.39, 0.29) is 37.9 Å². The van der Waals surface area contributed by atoms with E-state index < -0.39 is 31.5 Å². The molecule has 0 fully saturated rings. The van der Waals surface area contributed by atoms with Crippen molar-refractivity contribution in [1.29, 1.82) is 0 Å². The van der Waals surface area contributed by atoms with Gasteiger partial charge in [-0.2, -0.15) is 0 Å². The third kappa shape index (κ3) is 7.25. The maximum Gasteiger partial charge on any atom is 0.206 e. The van der Waals surface area contributed by atoms with Crippen molar-refractivity contribution in [3.63, 3.8) is 0 Å². The third-order valence-electron chi connectivity index (χ3n) is 4.49. The number of sulfone groups is 2. The van der Waals surface area contributed by atoms with Gasteiger partial charge in [-0.1, -0.05) is 43.5 Å². The molecule has 0 saturated carbocycles. The Morgan fingerprint density at radius 2 is 1.53 bits per heavy atom. The lowest BCUT2D eigenvalue weighted by atomic mass is 10.3. The van der Waals surface area contributed by atoms with E-state index in [9.17, 15) is 21.9 Å². The van der Waals surface area contributed by atoms with Crippen LogP contribution >= 0.6 is 23.2 Å². The molecule has 0 bridgehead atoms. The quantitative estimate of drug-likeness (QED) is 0.415. The lowest BCUT2D eigenvalue weighted by Gasteiger charge is -2.15. The van der Waals surface area contributed by atoms with Crippen molar-refractivity contribution in [3.8, 4) is 11.5 Å². The summed E-state index contributed by atoms with van der Waals surface area (Å²) in [6.45, 7) is 3.70. The molecule has 0 aromatic heterocycles. The largest absolute Gasteiger partial charge is 0.494 e. The van der Waals surface area contributed by atoms with Gasteiger partial charge in [-0.25, -0.2) is 16.8 Å². The van der Waals surface area contributed by atoms with Gasteiger partial charge in [-0.05, 0) is 42.8 Å². The molecule has 7 nitrogen and oxygen atoms in total. The Morgan fingerprint density at radius 1 is 0.938 bits per heavy atom. The van der Waals surface area contributed by atoms with E-state index in [0.717, 1.165) is 12.8 Å². The lowest BCUT2D eigenvalue weighted by Crippen LogP contribution is -2.28. The molecule has 0 spiro atoms. The molecule has 178 valence electrons. The summed E-state index contributed by atoms with van der Waals surface area (Å²) >= 11 is 12.3. The van der Waals surface area contributed by atoms with Crippen LogP contribution in [0.25, 0.3) is 0 Å². The number of ether oxygens (including phenoxy) is 2. The average molecular weight is 525 g/mol. The van der Waals surface area contributed by atoms with Gasteiger partial charge in [0.05, 0.1) is 32.2 Å². The Morgan fingerprint density at radius 3 is 2.06 bits per heavy atom. The molecule has 0 saturated heterocycles. The fourth-order valence-electron chi connectivity index (χ4n) is 2.65. The first-order chi connectivity index (χ1) is 15.0. The van der Waals surface area contributed by atoms with Gasteiger partial charge in [0, 0.05) is 5.75 Å². The summed E-state index contributed by atoms with van der Waals surface area (Å²) in [6.07, 6.45) is 0.607. The van der Waals surface area contributed by atoms with E-state index in [1.54, 1.807) is 12.1 Å². The van der Waals surface area contributed by atoms with E-state index >= 15 is 0 Å². The summed E-state index contributed by atoms with van der Waals surface area (Å²) in [5.74, 6) is -0.0476. The highest BCUT2D eigenvalue weighted by Gasteiger charge is 2.23. The fourth-order valence-corrected chi connectivity index (χ4v) is 5.61. The van der Waals surface area contributed by atoms with Crippen molar-refractivity contribution in [2.24, 2.45) is 0 Å². The summed E-state index contributed by atoms with van der Waals surface area (Å²) in [5.41, 5.74) is 0. The molecule has 2 rings (SSSR count). The standard InChI is InChI=1S/C21H26Cl2O7S2/c1-3-5-10-29-16-6-8-17(9-7-16)32(27,28)18-11-19(22)21(20(23)12-18)30-13-15(24)14-31(25,26)4-2/h6-9,11-12,15,24H,3-5,10,13-14H2,1-2H3/t15-/m1/s1. The van der Waals surface area contributed by atoms with Gasteiger partial charge < -0.3 is 14.6 Å². The summed E-state index contributed by atoms with van der Waals surface area (Å²) in [4.78, 5) is -0.0880. The zero-order valence-corrected chi connectivity index (χ0v) is 20.9. The Hall–Kier alpha value is -1.52. The van der Waals surface area contributed by atoms with Crippen molar-refractivity contribution < 1.29 is 31.4 Å². The SMILES string of the molecule is CCCCOc1ccc(S(=O)(=O)c2cc(Cl)c(OC[C@@H](O)CS(=O)(=O)CC)c(Cl)c2)cc1. The van der Waals surface area contributed by atoms with Crippen LogP contribution in [0.15, 0.2) is 46.2 Å². The smallest absolute Gasteiger partial charge is 0.206 e. The molecule has 0 radical (unpaired) electrons. The molecule has 0 aliphatic carbocycles. The van der Waals surface area contributed by atoms with Gasteiger partial charge in [0.1, 0.15) is 18.5 Å². The number of aliphatic hydroxyl groups excluding tert-OH is 1. The Kier molecular flexibility index (Phi) is 9.66. The first kappa shape index (κ1) is 26.7. The molecule has 0 aliphatic rings. The van der Waals surface area contributed by atoms with E-state index in [1.807, 2.05) is 6.92 Å². The molecule has 0 aliphatic heterocycles. The third-order valence-corrected chi connectivity index (χ3v) is 8.57. The van der Waals surface area contributed by atoms with Crippen molar-refractivity contribution in [2.75, 3.05) is 24.7 Å². The van der Waals surface area contributed by atoms with Crippen LogP contribution in [0, 0.1) is 0 Å². The van der Waals surface area contributed by atoms with Crippen molar-refractivity contribution in [1.82, 2.24) is 0 Å². The van der Waals surface area contributed by atoms with Gasteiger partial charge in [0.15, 0.2) is 15.6 Å². The fraction of sp³-hybridized carbons (Fsp3) is 0.429. The van der Waals surface area contributed by atoms with Gasteiger partial charge in [-0.3, -0.25) is 0 Å². The van der Waals surface area contributed by atoms with Crippen LogP contribution in [0.2, 0.25) is 10.0 Å². The summed E-state index contributed by atoms with van der Waals surface area (Å²) < 4.78 is 60.0. The van der Waals surface area contributed by atoms with Gasteiger partial charge >= 0.3 is 0 Å². The zero-order valence-electron chi connectivity index (χ0n) is 17.8. The topological polar surface area (TPSA) is 107 Å². The molecule has 2 aromatic rings. The second kappa shape index (κ2) is 11.6. The highest BCUT2D eigenvalue weighted by molar-refractivity contribution is 7.91. The predicted molar refractivity (Wildman–Crippen MR) is 125 cm³/mol. The number of aliphatic hydroxyl groups is 1. The predicted octanol–water partition coefficient (Wildman–Crippen LogP) is 4.18. The highest BCUT2D eigenvalue weighted by atomic mass is 35.5. The maximum atomic E-state index is 13.0. The minimum Gasteiger partial charge on any atom is -0.494 e. The minimum atomic E-state index is -3.91. The Balaban J connectivity index is 2.17. The molecular formula is C21H26Cl2O7S2. The molecule has 11 heteroatoms. The van der Waals surface area contributed by atoms with Crippen LogP contribution in [0.3, 0.4) is 0 Å². The van der Waals surface area contributed by atoms with Crippen molar-refractivity contribution >= 4 is 42.9 Å². The maximum absolute atomic E-state index is 13.0. The van der Waals surface area contributed by atoms with E-state index in [2.05, 4.69) is 0 Å². The molecule has 0 amide bonds. The lowest BCUT2D eigenvalue weighted by molar-refractivity contribution is 0.125. The summed E-state index contributed by atoms with van der Waals surface area (Å²) in [7, 11) is -7.30. The number of halogens is 2. The first-order valence-electron chi connectivity index (χ1n) is 9.98. The number of unbranched alkanes of at least 4 members (excludes halogenated alkanes) is 1. The van der Waals surface area contributed by atoms with Crippen molar-refractivity contribution in [2.45, 2.75) is 42.6 Å². The van der Waals surface area contributed by atoms with Gasteiger partial charge in [0.2, 0.25) is 9.84 Å². The second-order valence-electron chi connectivity index (χ2n) is 7.06. The summed E-state index contributed by atoms with van der Waals surface area (Å²) in [6, 6.07) is 8.42. The Bertz CT molecular complexity index is 1090. The van der Waals surface area contributed by atoms with Gasteiger partial charge in [0.25, 0.3) is 0 Å². The summed E-state index contributed by atoms with van der Waals surface area (Å²) in [5, 5.41) is 9.72. The zero-order chi connectivity index (χ0) is 23.9. The molecule has 32 heavy (non-hydrogen) atoms. The van der Waals surface area contributed by atoms with Crippen LogP contribution in [-0.2, 0) is 19.7 Å². The minimum absolute atomic E-state index is 0.0418.